The lowest BCUT2D eigenvalue weighted by molar-refractivity contribution is -0.118. The van der Waals surface area contributed by atoms with Gasteiger partial charge in [-0.3, -0.25) is 9.59 Å². The second-order valence-corrected chi connectivity index (χ2v) is 8.03. The molecular weight excluding hydrogens is 468 g/mol. The molecule has 37 heavy (non-hydrogen) atoms. The van der Waals surface area contributed by atoms with Gasteiger partial charge in [-0.2, -0.15) is 0 Å². The van der Waals surface area contributed by atoms with Crippen LogP contribution < -0.4 is 24.8 Å². The summed E-state index contributed by atoms with van der Waals surface area (Å²) in [5, 5.41) is 5.60. The molecule has 0 spiro atoms. The molecule has 4 aromatic carbocycles. The first-order valence-electron chi connectivity index (χ1n) is 11.9. The molecule has 0 aliphatic heterocycles. The zero-order valence-electron chi connectivity index (χ0n) is 20.5. The molecule has 0 radical (unpaired) electrons. The number of hydrogen-bond acceptors (Lipinski definition) is 5. The van der Waals surface area contributed by atoms with Crippen LogP contribution in [-0.2, 0) is 4.79 Å². The Morgan fingerprint density at radius 1 is 0.730 bits per heavy atom. The number of amides is 2. The van der Waals surface area contributed by atoms with Gasteiger partial charge in [0.15, 0.2) is 6.61 Å². The van der Waals surface area contributed by atoms with Crippen molar-refractivity contribution in [3.8, 4) is 28.4 Å². The standard InChI is InChI=1S/C30H28N2O5/c1-35-24-17-15-23(16-18-24)32-29(33)21-37-28-14-8-6-12-26(28)30(34)31-19-20-36-27-13-7-5-11-25(27)22-9-3-2-4-10-22/h2-18H,19-21H2,1H3,(H,31,34)(H,32,33). The summed E-state index contributed by atoms with van der Waals surface area (Å²) in [6.07, 6.45) is 0. The topological polar surface area (TPSA) is 85.9 Å². The largest absolute Gasteiger partial charge is 0.497 e. The number of methoxy groups -OCH3 is 1. The molecule has 0 aliphatic carbocycles. The van der Waals surface area contributed by atoms with Gasteiger partial charge in [-0.25, -0.2) is 0 Å². The molecule has 0 atom stereocenters. The van der Waals surface area contributed by atoms with E-state index in [1.54, 1.807) is 55.6 Å². The smallest absolute Gasteiger partial charge is 0.262 e. The van der Waals surface area contributed by atoms with Gasteiger partial charge in [0.25, 0.3) is 11.8 Å². The maximum absolute atomic E-state index is 12.8. The van der Waals surface area contributed by atoms with Gasteiger partial charge in [-0.05, 0) is 48.0 Å². The van der Waals surface area contributed by atoms with Crippen LogP contribution in [0.15, 0.2) is 103 Å². The predicted molar refractivity (Wildman–Crippen MR) is 143 cm³/mol. The molecule has 0 fully saturated rings. The minimum Gasteiger partial charge on any atom is -0.497 e. The lowest BCUT2D eigenvalue weighted by Gasteiger charge is -2.14. The number of carbonyl (C=O) groups excluding carboxylic acids is 2. The van der Waals surface area contributed by atoms with E-state index in [1.807, 2.05) is 54.6 Å². The summed E-state index contributed by atoms with van der Waals surface area (Å²) < 4.78 is 16.7. The number of hydrogen-bond donors (Lipinski definition) is 2. The molecule has 0 unspecified atom stereocenters. The molecule has 7 nitrogen and oxygen atoms in total. The highest BCUT2D eigenvalue weighted by molar-refractivity contribution is 5.97. The summed E-state index contributed by atoms with van der Waals surface area (Å²) in [5.41, 5.74) is 3.00. The fourth-order valence-electron chi connectivity index (χ4n) is 3.66. The molecule has 0 aromatic heterocycles. The van der Waals surface area contributed by atoms with Crippen LogP contribution in [0.3, 0.4) is 0 Å². The van der Waals surface area contributed by atoms with Crippen molar-refractivity contribution in [3.05, 3.63) is 109 Å². The van der Waals surface area contributed by atoms with E-state index in [2.05, 4.69) is 10.6 Å². The number of para-hydroxylation sites is 2. The average molecular weight is 497 g/mol. The number of carbonyl (C=O) groups is 2. The Balaban J connectivity index is 1.28. The minimum atomic E-state index is -0.342. The Labute approximate surface area is 216 Å². The van der Waals surface area contributed by atoms with E-state index in [4.69, 9.17) is 14.2 Å². The summed E-state index contributed by atoms with van der Waals surface area (Å²) >= 11 is 0. The zero-order valence-corrected chi connectivity index (χ0v) is 20.5. The van der Waals surface area contributed by atoms with Crippen molar-refractivity contribution in [2.45, 2.75) is 0 Å². The van der Waals surface area contributed by atoms with Crippen LogP contribution in [0, 0.1) is 0 Å². The van der Waals surface area contributed by atoms with Crippen LogP contribution in [0.5, 0.6) is 17.2 Å². The second kappa shape index (κ2) is 12.8. The highest BCUT2D eigenvalue weighted by atomic mass is 16.5. The quantitative estimate of drug-likeness (QED) is 0.279. The van der Waals surface area contributed by atoms with Crippen molar-refractivity contribution in [1.82, 2.24) is 5.32 Å². The van der Waals surface area contributed by atoms with E-state index in [0.717, 1.165) is 16.9 Å². The minimum absolute atomic E-state index is 0.240. The molecule has 0 aliphatic rings. The molecule has 2 N–H and O–H groups in total. The maximum Gasteiger partial charge on any atom is 0.262 e. The van der Waals surface area contributed by atoms with Gasteiger partial charge in [-0.15, -0.1) is 0 Å². The van der Waals surface area contributed by atoms with E-state index in [1.165, 1.54) is 0 Å². The van der Waals surface area contributed by atoms with Crippen molar-refractivity contribution in [2.75, 3.05) is 32.2 Å². The molecule has 2 amide bonds. The molecule has 7 heteroatoms. The van der Waals surface area contributed by atoms with E-state index in [0.29, 0.717) is 35.9 Å². The first-order valence-corrected chi connectivity index (χ1v) is 11.9. The monoisotopic (exact) mass is 496 g/mol. The van der Waals surface area contributed by atoms with Gasteiger partial charge in [0, 0.05) is 11.3 Å². The third-order valence-corrected chi connectivity index (χ3v) is 5.48. The van der Waals surface area contributed by atoms with Crippen LogP contribution >= 0.6 is 0 Å². The summed E-state index contributed by atoms with van der Waals surface area (Å²) in [5.74, 6) is 1.10. The number of ether oxygens (including phenoxy) is 3. The molecule has 4 aromatic rings. The number of anilines is 1. The van der Waals surface area contributed by atoms with Crippen LogP contribution in [-0.4, -0.2) is 38.7 Å². The molecule has 4 rings (SSSR count). The van der Waals surface area contributed by atoms with Crippen molar-refractivity contribution in [1.29, 1.82) is 0 Å². The van der Waals surface area contributed by atoms with E-state index in [-0.39, 0.29) is 18.4 Å². The Bertz CT molecular complexity index is 1320. The molecule has 0 heterocycles. The fourth-order valence-corrected chi connectivity index (χ4v) is 3.66. The van der Waals surface area contributed by atoms with Gasteiger partial charge in [-0.1, -0.05) is 60.7 Å². The number of rotatable bonds is 11. The third kappa shape index (κ3) is 7.11. The number of benzene rings is 4. The van der Waals surface area contributed by atoms with Gasteiger partial charge in [0.05, 0.1) is 19.2 Å². The van der Waals surface area contributed by atoms with Crippen LogP contribution in [0.4, 0.5) is 5.69 Å². The van der Waals surface area contributed by atoms with Crippen molar-refractivity contribution < 1.29 is 23.8 Å². The van der Waals surface area contributed by atoms with Gasteiger partial charge < -0.3 is 24.8 Å². The summed E-state index contributed by atoms with van der Waals surface area (Å²) in [6.45, 7) is 0.354. The predicted octanol–water partition coefficient (Wildman–Crippen LogP) is 5.19. The van der Waals surface area contributed by atoms with E-state index >= 15 is 0 Å². The number of nitrogens with one attached hydrogen (secondary N) is 2. The first-order chi connectivity index (χ1) is 18.1. The summed E-state index contributed by atoms with van der Waals surface area (Å²) in [6, 6.07) is 31.5. The lowest BCUT2D eigenvalue weighted by Crippen LogP contribution is -2.29. The van der Waals surface area contributed by atoms with Crippen LogP contribution in [0.2, 0.25) is 0 Å². The second-order valence-electron chi connectivity index (χ2n) is 8.03. The Kier molecular flexibility index (Phi) is 8.75. The molecule has 0 saturated heterocycles. The lowest BCUT2D eigenvalue weighted by atomic mass is 10.1. The first kappa shape index (κ1) is 25.3. The van der Waals surface area contributed by atoms with Crippen molar-refractivity contribution in [3.63, 3.8) is 0 Å². The Morgan fingerprint density at radius 2 is 1.41 bits per heavy atom. The highest BCUT2D eigenvalue weighted by Gasteiger charge is 2.14. The molecule has 188 valence electrons. The Morgan fingerprint density at radius 3 is 2.16 bits per heavy atom. The van der Waals surface area contributed by atoms with Crippen LogP contribution in [0.1, 0.15) is 10.4 Å². The third-order valence-electron chi connectivity index (χ3n) is 5.48. The van der Waals surface area contributed by atoms with E-state index in [9.17, 15) is 9.59 Å². The molecule has 0 bridgehead atoms. The summed E-state index contributed by atoms with van der Waals surface area (Å²) in [7, 11) is 1.58. The normalized spacial score (nSPS) is 10.3. The fraction of sp³-hybridized carbons (Fsp3) is 0.133. The zero-order chi connectivity index (χ0) is 25.9. The SMILES string of the molecule is COc1ccc(NC(=O)COc2ccccc2C(=O)NCCOc2ccccc2-c2ccccc2)cc1. The Hall–Kier alpha value is -4.78. The maximum atomic E-state index is 12.8. The van der Waals surface area contributed by atoms with Crippen molar-refractivity contribution in [2.24, 2.45) is 0 Å². The average Bonchev–Trinajstić information content (AvgIpc) is 2.95. The summed E-state index contributed by atoms with van der Waals surface area (Å²) in [4.78, 5) is 25.1. The van der Waals surface area contributed by atoms with Crippen molar-refractivity contribution >= 4 is 17.5 Å². The molecule has 0 saturated carbocycles. The van der Waals surface area contributed by atoms with E-state index < -0.39 is 0 Å². The van der Waals surface area contributed by atoms with Gasteiger partial charge in [0.2, 0.25) is 0 Å². The highest BCUT2D eigenvalue weighted by Crippen LogP contribution is 2.29. The van der Waals surface area contributed by atoms with Gasteiger partial charge >= 0.3 is 0 Å². The molecular formula is C30H28N2O5. The van der Waals surface area contributed by atoms with Gasteiger partial charge in [0.1, 0.15) is 23.9 Å². The van der Waals surface area contributed by atoms with Crippen LogP contribution in [0.25, 0.3) is 11.1 Å².